The number of hydrogen-bond acceptors (Lipinski definition) is 2. The number of carbonyl (C=O) groups excluding carboxylic acids is 1. The third-order valence-corrected chi connectivity index (χ3v) is 2.97. The van der Waals surface area contributed by atoms with Crippen LogP contribution in [0.25, 0.3) is 0 Å². The number of carbonyl (C=O) groups is 1. The molecule has 0 spiro atoms. The van der Waals surface area contributed by atoms with E-state index in [4.69, 9.17) is 23.2 Å². The number of alkyl halides is 3. The summed E-state index contributed by atoms with van der Waals surface area (Å²) in [6.45, 7) is 0. The van der Waals surface area contributed by atoms with Gasteiger partial charge in [-0.3, -0.25) is 4.79 Å². The standard InChI is InChI=1S/C13H7Cl2F3N2O/c14-8-1-2-10(9(6-8)13(16,17)18)20-12(21)7-3-4-19-11(15)5-7/h1-6H,(H,20,21). The van der Waals surface area contributed by atoms with Crippen LogP contribution in [0.5, 0.6) is 0 Å². The van der Waals surface area contributed by atoms with Crippen molar-refractivity contribution in [2.45, 2.75) is 6.18 Å². The molecule has 0 saturated heterocycles. The Morgan fingerprint density at radius 3 is 2.48 bits per heavy atom. The highest BCUT2D eigenvalue weighted by atomic mass is 35.5. The third kappa shape index (κ3) is 3.86. The Labute approximate surface area is 127 Å². The molecule has 0 aliphatic rings. The van der Waals surface area contributed by atoms with Crippen molar-refractivity contribution in [2.75, 3.05) is 5.32 Å². The van der Waals surface area contributed by atoms with Gasteiger partial charge in [0.05, 0.1) is 11.3 Å². The Hall–Kier alpha value is -1.79. The van der Waals surface area contributed by atoms with Crippen molar-refractivity contribution >= 4 is 34.8 Å². The van der Waals surface area contributed by atoms with Gasteiger partial charge in [0, 0.05) is 16.8 Å². The fourth-order valence-corrected chi connectivity index (χ4v) is 1.94. The molecule has 1 amide bonds. The number of pyridine rings is 1. The molecule has 0 atom stereocenters. The minimum atomic E-state index is -4.64. The van der Waals surface area contributed by atoms with Crippen LogP contribution in [-0.2, 0) is 6.18 Å². The van der Waals surface area contributed by atoms with Crippen LogP contribution in [0.15, 0.2) is 36.5 Å². The van der Waals surface area contributed by atoms with Gasteiger partial charge in [0.2, 0.25) is 0 Å². The maximum absolute atomic E-state index is 12.9. The summed E-state index contributed by atoms with van der Waals surface area (Å²) in [6.07, 6.45) is -3.35. The number of hydrogen-bond donors (Lipinski definition) is 1. The summed E-state index contributed by atoms with van der Waals surface area (Å²) in [5.41, 5.74) is -1.31. The molecular formula is C13H7Cl2F3N2O. The lowest BCUT2D eigenvalue weighted by atomic mass is 10.1. The van der Waals surface area contributed by atoms with Crippen LogP contribution in [-0.4, -0.2) is 10.9 Å². The fraction of sp³-hybridized carbons (Fsp3) is 0.0769. The lowest BCUT2D eigenvalue weighted by Gasteiger charge is -2.14. The molecule has 0 aliphatic carbocycles. The van der Waals surface area contributed by atoms with Gasteiger partial charge in [-0.25, -0.2) is 4.98 Å². The highest BCUT2D eigenvalue weighted by Crippen LogP contribution is 2.36. The van der Waals surface area contributed by atoms with Crippen molar-refractivity contribution in [3.8, 4) is 0 Å². The zero-order chi connectivity index (χ0) is 15.6. The molecule has 2 rings (SSSR count). The van der Waals surface area contributed by atoms with Crippen LogP contribution in [0.3, 0.4) is 0 Å². The van der Waals surface area contributed by atoms with Crippen LogP contribution in [0.2, 0.25) is 10.2 Å². The Morgan fingerprint density at radius 1 is 1.14 bits per heavy atom. The van der Waals surface area contributed by atoms with E-state index in [1.54, 1.807) is 0 Å². The average molecular weight is 335 g/mol. The molecule has 1 heterocycles. The van der Waals surface area contributed by atoms with Gasteiger partial charge >= 0.3 is 6.18 Å². The first-order valence-corrected chi connectivity index (χ1v) is 6.32. The predicted octanol–water partition coefficient (Wildman–Crippen LogP) is 4.66. The second-order valence-corrected chi connectivity index (χ2v) is 4.83. The number of rotatable bonds is 2. The van der Waals surface area contributed by atoms with E-state index < -0.39 is 17.6 Å². The van der Waals surface area contributed by atoms with E-state index in [1.807, 2.05) is 0 Å². The number of anilines is 1. The van der Waals surface area contributed by atoms with E-state index in [1.165, 1.54) is 24.4 Å². The minimum absolute atomic E-state index is 0.0646. The van der Waals surface area contributed by atoms with Crippen molar-refractivity contribution in [1.82, 2.24) is 4.98 Å². The Kier molecular flexibility index (Phi) is 4.39. The van der Waals surface area contributed by atoms with Crippen molar-refractivity contribution in [3.05, 3.63) is 57.8 Å². The molecule has 0 bridgehead atoms. The molecule has 0 aliphatic heterocycles. The maximum atomic E-state index is 12.9. The van der Waals surface area contributed by atoms with E-state index in [-0.39, 0.29) is 21.4 Å². The first-order chi connectivity index (χ1) is 9.77. The lowest BCUT2D eigenvalue weighted by Crippen LogP contribution is -2.16. The summed E-state index contributed by atoms with van der Waals surface area (Å²) in [5.74, 6) is -0.730. The highest BCUT2D eigenvalue weighted by Gasteiger charge is 2.34. The molecule has 0 radical (unpaired) electrons. The van der Waals surface area contributed by atoms with E-state index in [9.17, 15) is 18.0 Å². The summed E-state index contributed by atoms with van der Waals surface area (Å²) in [5, 5.41) is 2.17. The number of nitrogens with one attached hydrogen (secondary N) is 1. The van der Waals surface area contributed by atoms with Crippen molar-refractivity contribution in [3.63, 3.8) is 0 Å². The topological polar surface area (TPSA) is 42.0 Å². The van der Waals surface area contributed by atoms with Gasteiger partial charge in [-0.05, 0) is 30.3 Å². The number of nitrogens with zero attached hydrogens (tertiary/aromatic N) is 1. The number of benzene rings is 1. The molecule has 110 valence electrons. The van der Waals surface area contributed by atoms with Crippen LogP contribution in [0.4, 0.5) is 18.9 Å². The van der Waals surface area contributed by atoms with Gasteiger partial charge in [0.1, 0.15) is 5.15 Å². The maximum Gasteiger partial charge on any atom is 0.418 e. The Morgan fingerprint density at radius 2 is 1.86 bits per heavy atom. The monoisotopic (exact) mass is 334 g/mol. The van der Waals surface area contributed by atoms with Crippen LogP contribution < -0.4 is 5.32 Å². The fourth-order valence-electron chi connectivity index (χ4n) is 1.60. The van der Waals surface area contributed by atoms with E-state index in [0.717, 1.165) is 12.1 Å². The molecule has 1 N–H and O–H groups in total. The highest BCUT2D eigenvalue weighted by molar-refractivity contribution is 6.31. The average Bonchev–Trinajstić information content (AvgIpc) is 2.39. The molecule has 0 saturated carbocycles. The first-order valence-electron chi connectivity index (χ1n) is 5.57. The summed E-state index contributed by atoms with van der Waals surface area (Å²) in [6, 6.07) is 5.68. The number of halogens is 5. The quantitative estimate of drug-likeness (QED) is 0.811. The summed E-state index contributed by atoms with van der Waals surface area (Å²) >= 11 is 11.2. The molecule has 21 heavy (non-hydrogen) atoms. The second kappa shape index (κ2) is 5.91. The van der Waals surface area contributed by atoms with E-state index in [2.05, 4.69) is 10.3 Å². The number of amides is 1. The second-order valence-electron chi connectivity index (χ2n) is 4.01. The van der Waals surface area contributed by atoms with E-state index >= 15 is 0 Å². The van der Waals surface area contributed by atoms with Crippen LogP contribution >= 0.6 is 23.2 Å². The largest absolute Gasteiger partial charge is 0.418 e. The van der Waals surface area contributed by atoms with Crippen molar-refractivity contribution < 1.29 is 18.0 Å². The van der Waals surface area contributed by atoms with Gasteiger partial charge < -0.3 is 5.32 Å². The van der Waals surface area contributed by atoms with Crippen molar-refractivity contribution in [2.24, 2.45) is 0 Å². The smallest absolute Gasteiger partial charge is 0.321 e. The molecule has 1 aromatic heterocycles. The Bertz CT molecular complexity index is 689. The van der Waals surface area contributed by atoms with Gasteiger partial charge in [-0.15, -0.1) is 0 Å². The summed E-state index contributed by atoms with van der Waals surface area (Å²) in [4.78, 5) is 15.6. The number of aromatic nitrogens is 1. The first kappa shape index (κ1) is 15.6. The van der Waals surface area contributed by atoms with E-state index in [0.29, 0.717) is 0 Å². The van der Waals surface area contributed by atoms with Gasteiger partial charge in [-0.1, -0.05) is 23.2 Å². The zero-order valence-electron chi connectivity index (χ0n) is 10.2. The third-order valence-electron chi connectivity index (χ3n) is 2.52. The Balaban J connectivity index is 2.34. The molecule has 3 nitrogen and oxygen atoms in total. The molecular weight excluding hydrogens is 328 g/mol. The molecule has 1 aromatic carbocycles. The SMILES string of the molecule is O=C(Nc1ccc(Cl)cc1C(F)(F)F)c1ccnc(Cl)c1. The molecule has 0 fully saturated rings. The van der Waals surface area contributed by atoms with Gasteiger partial charge in [0.15, 0.2) is 0 Å². The normalized spacial score (nSPS) is 11.3. The zero-order valence-corrected chi connectivity index (χ0v) is 11.7. The van der Waals surface area contributed by atoms with Gasteiger partial charge in [-0.2, -0.15) is 13.2 Å². The predicted molar refractivity (Wildman–Crippen MR) is 73.7 cm³/mol. The molecule has 2 aromatic rings. The van der Waals surface area contributed by atoms with Gasteiger partial charge in [0.25, 0.3) is 5.91 Å². The lowest BCUT2D eigenvalue weighted by molar-refractivity contribution is -0.136. The minimum Gasteiger partial charge on any atom is -0.321 e. The van der Waals surface area contributed by atoms with Crippen LogP contribution in [0, 0.1) is 0 Å². The summed E-state index contributed by atoms with van der Waals surface area (Å²) < 4.78 is 38.7. The molecule has 0 unspecified atom stereocenters. The molecule has 8 heteroatoms. The van der Waals surface area contributed by atoms with Crippen LogP contribution in [0.1, 0.15) is 15.9 Å². The summed E-state index contributed by atoms with van der Waals surface area (Å²) in [7, 11) is 0. The van der Waals surface area contributed by atoms with Crippen molar-refractivity contribution in [1.29, 1.82) is 0 Å².